The van der Waals surface area contributed by atoms with Crippen molar-refractivity contribution < 1.29 is 37.5 Å². The van der Waals surface area contributed by atoms with Crippen molar-refractivity contribution >= 4 is 44.0 Å². The SMILES string of the molecule is COc1cc2c(cc1OC)C(CN1CCN(C3CC4(CCN(c5ccc(C(=O)NS(=O)(=O)c6ccc(NCC7CCC(C)(O)CC7)c([N+](=O)[O-])c6)c(Oc6cnc7[nH]ccc7c6)c5)CC4)C3)C(c3ccccc3C(C)C)C1)C2. The Balaban J connectivity index is 0.772. The van der Waals surface area contributed by atoms with Crippen molar-refractivity contribution in [3.05, 3.63) is 135 Å². The molecule has 0 bridgehead atoms. The second-order valence-electron chi connectivity index (χ2n) is 23.2. The molecule has 2 aliphatic heterocycles. The van der Waals surface area contributed by atoms with Gasteiger partial charge in [-0.15, -0.1) is 0 Å². The second-order valence-corrected chi connectivity index (χ2v) is 24.9. The van der Waals surface area contributed by atoms with Gasteiger partial charge in [0.15, 0.2) is 11.5 Å². The predicted molar refractivity (Wildman–Crippen MR) is 301 cm³/mol. The van der Waals surface area contributed by atoms with Crippen LogP contribution < -0.4 is 29.1 Å². The van der Waals surface area contributed by atoms with Crippen molar-refractivity contribution in [2.24, 2.45) is 11.3 Å². The van der Waals surface area contributed by atoms with Gasteiger partial charge in [0.25, 0.3) is 21.6 Å². The molecule has 4 aromatic carbocycles. The molecule has 4 N–H and O–H groups in total. The zero-order chi connectivity index (χ0) is 54.5. The second kappa shape index (κ2) is 21.5. The van der Waals surface area contributed by atoms with E-state index in [9.17, 15) is 28.4 Å². The number of nitro benzene ring substituents is 1. The maximum absolute atomic E-state index is 14.2. The Bertz CT molecular complexity index is 3320. The van der Waals surface area contributed by atoms with Crippen LogP contribution in [0.15, 0.2) is 102 Å². The summed E-state index contributed by atoms with van der Waals surface area (Å²) in [5, 5.41) is 26.5. The number of methoxy groups -OCH3 is 2. The first-order chi connectivity index (χ1) is 37.5. The number of benzene rings is 4. The van der Waals surface area contributed by atoms with E-state index in [-0.39, 0.29) is 28.3 Å². The smallest absolute Gasteiger partial charge is 0.293 e. The van der Waals surface area contributed by atoms with E-state index in [4.69, 9.17) is 14.2 Å². The highest BCUT2D eigenvalue weighted by atomic mass is 32.2. The highest BCUT2D eigenvalue weighted by Gasteiger charge is 2.50. The van der Waals surface area contributed by atoms with E-state index in [1.165, 1.54) is 34.4 Å². The molecule has 2 saturated heterocycles. The van der Waals surface area contributed by atoms with Crippen LogP contribution in [0.5, 0.6) is 23.0 Å². The molecule has 2 unspecified atom stereocenters. The van der Waals surface area contributed by atoms with Gasteiger partial charge in [-0.3, -0.25) is 24.7 Å². The Kier molecular flexibility index (Phi) is 14.7. The number of nitro groups is 1. The van der Waals surface area contributed by atoms with Crippen LogP contribution in [-0.2, 0) is 16.4 Å². The van der Waals surface area contributed by atoms with Crippen molar-refractivity contribution in [2.45, 2.75) is 113 Å². The summed E-state index contributed by atoms with van der Waals surface area (Å²) in [6.07, 6.45) is 11.5. The number of fused-ring (bicyclic) bond motifs is 2. The number of ether oxygens (including phenoxy) is 3. The number of piperidine rings is 1. The maximum Gasteiger partial charge on any atom is 0.293 e. The molecular weight excluding hydrogens is 1010 g/mol. The van der Waals surface area contributed by atoms with Crippen molar-refractivity contribution in [3.63, 3.8) is 0 Å². The average Bonchev–Trinajstić information content (AvgIpc) is 4.03. The Labute approximate surface area is 456 Å². The molecule has 18 heteroatoms. The molecule has 2 saturated carbocycles. The number of sulfonamides is 1. The fraction of sp³-hybridized carbons (Fsp3) is 0.467. The molecule has 2 atom stereocenters. The molecule has 412 valence electrons. The lowest BCUT2D eigenvalue weighted by Crippen LogP contribution is -2.60. The van der Waals surface area contributed by atoms with Crippen LogP contribution in [0.3, 0.4) is 0 Å². The molecule has 3 aliphatic carbocycles. The Morgan fingerprint density at radius 1 is 0.910 bits per heavy atom. The number of nitrogens with one attached hydrogen (secondary N) is 3. The van der Waals surface area contributed by atoms with Crippen LogP contribution in [0.1, 0.15) is 123 Å². The summed E-state index contributed by atoms with van der Waals surface area (Å²) in [7, 11) is -1.20. The maximum atomic E-state index is 14.2. The number of anilines is 2. The molecule has 4 fully saturated rings. The van der Waals surface area contributed by atoms with Gasteiger partial charge in [0.2, 0.25) is 0 Å². The number of aromatic amines is 1. The number of carbonyl (C=O) groups excluding carboxylic acids is 1. The monoisotopic (exact) mass is 1080 g/mol. The molecule has 4 heterocycles. The predicted octanol–water partition coefficient (Wildman–Crippen LogP) is 10.3. The van der Waals surface area contributed by atoms with E-state index in [1.54, 1.807) is 44.8 Å². The first-order valence-corrected chi connectivity index (χ1v) is 29.1. The molecule has 1 amide bonds. The van der Waals surface area contributed by atoms with Crippen LogP contribution >= 0.6 is 0 Å². The van der Waals surface area contributed by atoms with Crippen molar-refractivity contribution in [1.29, 1.82) is 0 Å². The first kappa shape index (κ1) is 53.3. The zero-order valence-corrected chi connectivity index (χ0v) is 46.1. The number of H-pyrrole nitrogens is 1. The topological polar surface area (TPSA) is 205 Å². The Hall–Kier alpha value is -6.73. The lowest BCUT2D eigenvalue weighted by Gasteiger charge is -2.58. The number of piperazine rings is 1. The number of hydrogen-bond acceptors (Lipinski definition) is 14. The lowest BCUT2D eigenvalue weighted by atomic mass is 9.59. The van der Waals surface area contributed by atoms with Gasteiger partial charge in [0.05, 0.1) is 41.4 Å². The normalized spacial score (nSPS) is 22.6. The van der Waals surface area contributed by atoms with E-state index in [2.05, 4.69) is 85.0 Å². The summed E-state index contributed by atoms with van der Waals surface area (Å²) in [5.41, 5.74) is 6.31. The van der Waals surface area contributed by atoms with Crippen LogP contribution in [0, 0.1) is 21.4 Å². The van der Waals surface area contributed by atoms with Crippen LogP contribution in [0.25, 0.3) is 11.0 Å². The largest absolute Gasteiger partial charge is 0.493 e. The molecule has 6 aromatic rings. The van der Waals surface area contributed by atoms with E-state index in [0.29, 0.717) is 54.7 Å². The van der Waals surface area contributed by atoms with Gasteiger partial charge in [0, 0.05) is 93.2 Å². The number of aliphatic hydroxyl groups is 1. The number of carbonyl (C=O) groups is 1. The fourth-order valence-corrected chi connectivity index (χ4v) is 14.1. The number of aromatic nitrogens is 2. The molecule has 11 rings (SSSR count). The van der Waals surface area contributed by atoms with E-state index >= 15 is 0 Å². The third-order valence-corrected chi connectivity index (χ3v) is 19.1. The summed E-state index contributed by atoms with van der Waals surface area (Å²) < 4.78 is 47.6. The van der Waals surface area contributed by atoms with Crippen LogP contribution in [0.4, 0.5) is 17.1 Å². The lowest BCUT2D eigenvalue weighted by molar-refractivity contribution is -0.384. The van der Waals surface area contributed by atoms with Gasteiger partial charge in [-0.25, -0.2) is 18.1 Å². The molecule has 78 heavy (non-hydrogen) atoms. The minimum Gasteiger partial charge on any atom is -0.493 e. The van der Waals surface area contributed by atoms with Gasteiger partial charge in [-0.1, -0.05) is 38.1 Å². The van der Waals surface area contributed by atoms with E-state index < -0.39 is 37.0 Å². The van der Waals surface area contributed by atoms with Gasteiger partial charge < -0.3 is 34.5 Å². The van der Waals surface area contributed by atoms with E-state index in [1.807, 2.05) is 19.1 Å². The number of rotatable bonds is 17. The summed E-state index contributed by atoms with van der Waals surface area (Å²) in [4.78, 5) is 40.7. The molecule has 5 aliphatic rings. The molecule has 17 nitrogen and oxygen atoms in total. The van der Waals surface area contributed by atoms with Crippen molar-refractivity contribution in [1.82, 2.24) is 24.5 Å². The molecular formula is C60H72N8O9S. The van der Waals surface area contributed by atoms with E-state index in [0.717, 1.165) is 113 Å². The number of pyridine rings is 1. The highest BCUT2D eigenvalue weighted by molar-refractivity contribution is 7.90. The van der Waals surface area contributed by atoms with Gasteiger partial charge >= 0.3 is 0 Å². The number of hydrogen-bond donors (Lipinski definition) is 4. The number of nitrogens with zero attached hydrogens (tertiary/aromatic N) is 5. The standard InChI is InChI=1S/C60H72N8O9S/c1-38(2)47-8-6-7-9-48(47)53-37-65(36-42-26-41-28-55(75-4)56(76-5)31-50(41)42)24-25-67(53)44-32-60(33-44)19-22-66(23-20-60)43-10-12-49(54(29-43)77-45-27-40-16-21-61-57(40)63-35-45)58(69)64-78(73,74)46-11-13-51(52(30-46)68(71)72)62-34-39-14-17-59(3,70)18-15-39/h6-13,16,21,27-31,35,38-39,42,44,53,62,70H,14-15,17-20,22-26,32-34,36-37H2,1-5H3,(H,61,63)(H,64,69). The minimum absolute atomic E-state index is 0.0295. The molecule has 1 spiro atoms. The van der Waals surface area contributed by atoms with Gasteiger partial charge in [-0.05, 0) is 153 Å². The number of amides is 1. The summed E-state index contributed by atoms with van der Waals surface area (Å²) in [6, 6.07) is 26.6. The fourth-order valence-electron chi connectivity index (χ4n) is 13.2. The third-order valence-electron chi connectivity index (χ3n) is 17.8. The first-order valence-electron chi connectivity index (χ1n) is 27.6. The Morgan fingerprint density at radius 2 is 1.67 bits per heavy atom. The quantitative estimate of drug-likeness (QED) is 0.0496. The minimum atomic E-state index is -4.59. The highest BCUT2D eigenvalue weighted by Crippen LogP contribution is 2.54. The zero-order valence-electron chi connectivity index (χ0n) is 45.3. The summed E-state index contributed by atoms with van der Waals surface area (Å²) in [5.74, 6) is 2.21. The van der Waals surface area contributed by atoms with Crippen molar-refractivity contribution in [2.75, 3.05) is 70.2 Å². The molecule has 2 aromatic heterocycles. The van der Waals surface area contributed by atoms with Crippen LogP contribution in [0.2, 0.25) is 0 Å². The average molecular weight is 1080 g/mol. The van der Waals surface area contributed by atoms with Gasteiger partial charge in [-0.2, -0.15) is 0 Å². The summed E-state index contributed by atoms with van der Waals surface area (Å²) >= 11 is 0. The Morgan fingerprint density at radius 3 is 2.41 bits per heavy atom. The van der Waals surface area contributed by atoms with Crippen molar-refractivity contribution in [3.8, 4) is 23.0 Å². The van der Waals surface area contributed by atoms with Crippen LogP contribution in [-0.4, -0.2) is 116 Å². The third kappa shape index (κ3) is 10.9. The van der Waals surface area contributed by atoms with Gasteiger partial charge in [0.1, 0.15) is 22.8 Å². The summed E-state index contributed by atoms with van der Waals surface area (Å²) in [6.45, 7) is 12.5. The molecule has 0 radical (unpaired) electrons.